The predicted octanol–water partition coefficient (Wildman–Crippen LogP) is 4.80. The maximum absolute atomic E-state index is 12.3. The third-order valence-electron chi connectivity index (χ3n) is 6.72. The molecule has 3 heteroatoms. The van der Waals surface area contributed by atoms with Crippen molar-refractivity contribution in [2.24, 2.45) is 17.8 Å². The van der Waals surface area contributed by atoms with E-state index in [1.54, 1.807) is 24.5 Å². The van der Waals surface area contributed by atoms with E-state index in [-0.39, 0.29) is 5.91 Å². The van der Waals surface area contributed by atoms with Crippen LogP contribution in [0.25, 0.3) is 0 Å². The molecular weight excluding hydrogens is 308 g/mol. The number of nitrogens with zero attached hydrogens (tertiary/aromatic N) is 1. The van der Waals surface area contributed by atoms with Crippen LogP contribution in [0.5, 0.6) is 0 Å². The number of rotatable bonds is 3. The van der Waals surface area contributed by atoms with Gasteiger partial charge in [0.15, 0.2) is 0 Å². The molecule has 128 valence electrons. The number of benzene rings is 1. The largest absolute Gasteiger partial charge is 0.322 e. The molecule has 4 saturated carbocycles. The van der Waals surface area contributed by atoms with Gasteiger partial charge >= 0.3 is 0 Å². The Kier molecular flexibility index (Phi) is 3.44. The Morgan fingerprint density at radius 1 is 0.960 bits per heavy atom. The quantitative estimate of drug-likeness (QED) is 0.877. The molecule has 1 aromatic heterocycles. The van der Waals surface area contributed by atoms with Crippen molar-refractivity contribution in [1.82, 2.24) is 4.98 Å². The van der Waals surface area contributed by atoms with E-state index in [2.05, 4.69) is 34.6 Å². The Hall–Kier alpha value is -2.16. The molecule has 4 aliphatic rings. The summed E-state index contributed by atoms with van der Waals surface area (Å²) in [5, 5.41) is 2.98. The fraction of sp³-hybridized carbons (Fsp3) is 0.455. The molecule has 0 aliphatic heterocycles. The third kappa shape index (κ3) is 2.66. The van der Waals surface area contributed by atoms with Gasteiger partial charge in [-0.2, -0.15) is 0 Å². The van der Waals surface area contributed by atoms with Crippen molar-refractivity contribution >= 4 is 11.6 Å². The molecule has 4 bridgehead atoms. The number of carbonyl (C=O) groups is 1. The Morgan fingerprint density at radius 3 is 2.16 bits per heavy atom. The van der Waals surface area contributed by atoms with Crippen molar-refractivity contribution in [2.75, 3.05) is 5.32 Å². The molecule has 1 aromatic carbocycles. The number of pyridine rings is 1. The summed E-state index contributed by atoms with van der Waals surface area (Å²) < 4.78 is 0. The number of nitrogens with one attached hydrogen (secondary N) is 1. The van der Waals surface area contributed by atoms with Gasteiger partial charge in [0, 0.05) is 18.1 Å². The van der Waals surface area contributed by atoms with Gasteiger partial charge in [-0.15, -0.1) is 0 Å². The first-order valence-corrected chi connectivity index (χ1v) is 9.52. The molecule has 0 saturated heterocycles. The number of hydrogen-bond donors (Lipinski definition) is 1. The normalized spacial score (nSPS) is 32.6. The number of hydrogen-bond acceptors (Lipinski definition) is 2. The molecular formula is C22H24N2O. The van der Waals surface area contributed by atoms with Crippen LogP contribution in [0.1, 0.15) is 54.4 Å². The van der Waals surface area contributed by atoms with E-state index >= 15 is 0 Å². The second-order valence-electron chi connectivity index (χ2n) is 8.47. The van der Waals surface area contributed by atoms with Gasteiger partial charge in [-0.05, 0) is 91.5 Å². The highest BCUT2D eigenvalue weighted by Crippen LogP contribution is 2.60. The standard InChI is InChI=1S/C22H24N2O/c25-21(18-2-1-7-23-14-18)24-20-5-3-19(4-6-20)22-11-15-8-16(12-22)10-17(9-15)13-22/h1-7,14-17H,8-13H2,(H,24,25). The highest BCUT2D eigenvalue weighted by molar-refractivity contribution is 6.04. The Bertz CT molecular complexity index is 746. The molecule has 2 aromatic rings. The monoisotopic (exact) mass is 332 g/mol. The van der Waals surface area contributed by atoms with Gasteiger partial charge in [0.25, 0.3) is 5.91 Å². The van der Waals surface area contributed by atoms with Gasteiger partial charge in [-0.25, -0.2) is 0 Å². The van der Waals surface area contributed by atoms with E-state index in [0.717, 1.165) is 23.4 Å². The molecule has 3 nitrogen and oxygen atoms in total. The van der Waals surface area contributed by atoms with Crippen molar-refractivity contribution in [2.45, 2.75) is 43.9 Å². The van der Waals surface area contributed by atoms with Crippen LogP contribution in [0.15, 0.2) is 48.8 Å². The van der Waals surface area contributed by atoms with Gasteiger partial charge < -0.3 is 5.32 Å². The first kappa shape index (κ1) is 15.1. The molecule has 1 N–H and O–H groups in total. The van der Waals surface area contributed by atoms with Crippen LogP contribution in [0.4, 0.5) is 5.69 Å². The summed E-state index contributed by atoms with van der Waals surface area (Å²) in [6.45, 7) is 0. The van der Waals surface area contributed by atoms with Crippen LogP contribution < -0.4 is 5.32 Å². The SMILES string of the molecule is O=C(Nc1ccc(C23CC4CC(CC(C4)C2)C3)cc1)c1cccnc1. The van der Waals surface area contributed by atoms with Gasteiger partial charge in [0.1, 0.15) is 0 Å². The average Bonchev–Trinajstić information content (AvgIpc) is 2.62. The van der Waals surface area contributed by atoms with Crippen molar-refractivity contribution in [3.05, 3.63) is 59.9 Å². The maximum Gasteiger partial charge on any atom is 0.257 e. The van der Waals surface area contributed by atoms with Crippen molar-refractivity contribution in [3.8, 4) is 0 Å². The highest BCUT2D eigenvalue weighted by Gasteiger charge is 2.51. The summed E-state index contributed by atoms with van der Waals surface area (Å²) in [6, 6.07) is 12.2. The van der Waals surface area contributed by atoms with Crippen molar-refractivity contribution in [1.29, 1.82) is 0 Å². The zero-order valence-corrected chi connectivity index (χ0v) is 14.4. The Morgan fingerprint density at radius 2 is 1.60 bits per heavy atom. The predicted molar refractivity (Wildman–Crippen MR) is 98.5 cm³/mol. The van der Waals surface area contributed by atoms with Gasteiger partial charge in [0.2, 0.25) is 0 Å². The molecule has 4 aliphatic carbocycles. The third-order valence-corrected chi connectivity index (χ3v) is 6.72. The van der Waals surface area contributed by atoms with Crippen LogP contribution in [-0.4, -0.2) is 10.9 Å². The minimum absolute atomic E-state index is 0.101. The minimum atomic E-state index is -0.101. The summed E-state index contributed by atoms with van der Waals surface area (Å²) in [6.07, 6.45) is 11.8. The van der Waals surface area contributed by atoms with E-state index in [1.165, 1.54) is 44.1 Å². The number of anilines is 1. The van der Waals surface area contributed by atoms with E-state index in [4.69, 9.17) is 0 Å². The van der Waals surface area contributed by atoms with Crippen LogP contribution in [0, 0.1) is 17.8 Å². The molecule has 1 amide bonds. The summed E-state index contributed by atoms with van der Waals surface area (Å²) in [4.78, 5) is 16.3. The molecule has 0 atom stereocenters. The molecule has 6 rings (SSSR count). The fourth-order valence-corrected chi connectivity index (χ4v) is 6.07. The molecule has 25 heavy (non-hydrogen) atoms. The molecule has 1 heterocycles. The topological polar surface area (TPSA) is 42.0 Å². The fourth-order valence-electron chi connectivity index (χ4n) is 6.07. The lowest BCUT2D eigenvalue weighted by Crippen LogP contribution is -2.48. The molecule has 0 unspecified atom stereocenters. The molecule has 0 radical (unpaired) electrons. The summed E-state index contributed by atoms with van der Waals surface area (Å²) in [7, 11) is 0. The van der Waals surface area contributed by atoms with Crippen LogP contribution in [0.3, 0.4) is 0 Å². The lowest BCUT2D eigenvalue weighted by atomic mass is 9.48. The van der Waals surface area contributed by atoms with E-state index in [1.807, 2.05) is 0 Å². The van der Waals surface area contributed by atoms with Gasteiger partial charge in [0.05, 0.1) is 5.56 Å². The van der Waals surface area contributed by atoms with Gasteiger partial charge in [-0.1, -0.05) is 12.1 Å². The smallest absolute Gasteiger partial charge is 0.257 e. The van der Waals surface area contributed by atoms with E-state index in [0.29, 0.717) is 11.0 Å². The highest BCUT2D eigenvalue weighted by atomic mass is 16.1. The van der Waals surface area contributed by atoms with E-state index < -0.39 is 0 Å². The van der Waals surface area contributed by atoms with Crippen LogP contribution >= 0.6 is 0 Å². The zero-order valence-electron chi connectivity index (χ0n) is 14.4. The van der Waals surface area contributed by atoms with Crippen LogP contribution in [-0.2, 0) is 5.41 Å². The first-order valence-electron chi connectivity index (χ1n) is 9.52. The Labute approximate surface area is 148 Å². The minimum Gasteiger partial charge on any atom is -0.322 e. The maximum atomic E-state index is 12.3. The summed E-state index contributed by atoms with van der Waals surface area (Å²) >= 11 is 0. The van der Waals surface area contributed by atoms with Crippen molar-refractivity contribution < 1.29 is 4.79 Å². The average molecular weight is 332 g/mol. The summed E-state index contributed by atoms with van der Waals surface area (Å²) in [5.74, 6) is 2.76. The number of amides is 1. The summed E-state index contributed by atoms with van der Waals surface area (Å²) in [5.41, 5.74) is 3.36. The lowest BCUT2D eigenvalue weighted by molar-refractivity contribution is -0.00518. The second-order valence-corrected chi connectivity index (χ2v) is 8.47. The lowest BCUT2D eigenvalue weighted by Gasteiger charge is -2.57. The zero-order chi connectivity index (χ0) is 16.9. The van der Waals surface area contributed by atoms with Crippen LogP contribution in [0.2, 0.25) is 0 Å². The van der Waals surface area contributed by atoms with E-state index in [9.17, 15) is 4.79 Å². The van der Waals surface area contributed by atoms with Gasteiger partial charge in [-0.3, -0.25) is 9.78 Å². The number of carbonyl (C=O) groups excluding carboxylic acids is 1. The first-order chi connectivity index (χ1) is 12.2. The molecule has 0 spiro atoms. The number of aromatic nitrogens is 1. The second kappa shape index (κ2) is 5.69. The van der Waals surface area contributed by atoms with Crippen molar-refractivity contribution in [3.63, 3.8) is 0 Å². The Balaban J connectivity index is 1.35. The molecule has 4 fully saturated rings.